The zero-order valence-corrected chi connectivity index (χ0v) is 7.69. The average molecular weight is 201 g/mol. The fourth-order valence-corrected chi connectivity index (χ4v) is 1.44. The van der Waals surface area contributed by atoms with E-state index in [1.54, 1.807) is 0 Å². The first kappa shape index (κ1) is 10.2. The Morgan fingerprint density at radius 2 is 2.08 bits per heavy atom. The van der Waals surface area contributed by atoms with Crippen LogP contribution in [0.1, 0.15) is 0 Å². The van der Waals surface area contributed by atoms with Gasteiger partial charge in [0.2, 0.25) is 0 Å². The van der Waals surface area contributed by atoms with Crippen LogP contribution in [-0.4, -0.2) is 36.8 Å². The SMILES string of the molecule is CS(=O)(=O)c1ccnc(B(O)O)c1. The van der Waals surface area contributed by atoms with E-state index in [4.69, 9.17) is 10.0 Å². The second-order valence-electron chi connectivity index (χ2n) is 2.56. The fraction of sp³-hybridized carbons (Fsp3) is 0.167. The molecule has 7 heteroatoms. The Morgan fingerprint density at radius 3 is 2.54 bits per heavy atom. The average Bonchev–Trinajstić information content (AvgIpc) is 2.03. The minimum atomic E-state index is -3.32. The van der Waals surface area contributed by atoms with Crippen molar-refractivity contribution in [1.82, 2.24) is 4.98 Å². The molecule has 0 bridgehead atoms. The van der Waals surface area contributed by atoms with Crippen LogP contribution in [0.15, 0.2) is 23.2 Å². The van der Waals surface area contributed by atoms with Crippen LogP contribution in [0.4, 0.5) is 0 Å². The van der Waals surface area contributed by atoms with Gasteiger partial charge in [-0.3, -0.25) is 4.98 Å². The van der Waals surface area contributed by atoms with E-state index in [9.17, 15) is 8.42 Å². The van der Waals surface area contributed by atoms with Gasteiger partial charge in [0.1, 0.15) is 0 Å². The summed E-state index contributed by atoms with van der Waals surface area (Å²) in [5.74, 6) is 0. The van der Waals surface area contributed by atoms with Crippen molar-refractivity contribution in [2.45, 2.75) is 4.90 Å². The quantitative estimate of drug-likeness (QED) is 0.549. The number of pyridine rings is 1. The lowest BCUT2D eigenvalue weighted by Crippen LogP contribution is -2.32. The molecule has 0 aliphatic heterocycles. The minimum Gasteiger partial charge on any atom is -0.422 e. The molecule has 2 N–H and O–H groups in total. The lowest BCUT2D eigenvalue weighted by atomic mass is 9.86. The molecule has 0 aliphatic rings. The van der Waals surface area contributed by atoms with E-state index in [0.717, 1.165) is 12.3 Å². The van der Waals surface area contributed by atoms with Gasteiger partial charge in [-0.05, 0) is 12.1 Å². The van der Waals surface area contributed by atoms with E-state index in [2.05, 4.69) is 4.98 Å². The molecule has 1 rings (SSSR count). The van der Waals surface area contributed by atoms with Crippen molar-refractivity contribution in [1.29, 1.82) is 0 Å². The van der Waals surface area contributed by atoms with Crippen LogP contribution in [0.25, 0.3) is 0 Å². The summed E-state index contributed by atoms with van der Waals surface area (Å²) >= 11 is 0. The summed E-state index contributed by atoms with van der Waals surface area (Å²) in [6.45, 7) is 0. The van der Waals surface area contributed by atoms with Crippen LogP contribution in [0.5, 0.6) is 0 Å². The second kappa shape index (κ2) is 3.45. The molecule has 13 heavy (non-hydrogen) atoms. The number of rotatable bonds is 2. The van der Waals surface area contributed by atoms with Gasteiger partial charge in [-0.25, -0.2) is 8.42 Å². The van der Waals surface area contributed by atoms with Crippen LogP contribution in [0.3, 0.4) is 0 Å². The van der Waals surface area contributed by atoms with Gasteiger partial charge in [-0.2, -0.15) is 0 Å². The monoisotopic (exact) mass is 201 g/mol. The zero-order chi connectivity index (χ0) is 10.1. The van der Waals surface area contributed by atoms with Crippen LogP contribution in [-0.2, 0) is 9.84 Å². The first-order valence-electron chi connectivity index (χ1n) is 3.43. The Labute approximate surface area is 76.1 Å². The molecule has 1 aromatic heterocycles. The molecule has 0 fully saturated rings. The molecule has 0 unspecified atom stereocenters. The molecular weight excluding hydrogens is 193 g/mol. The topological polar surface area (TPSA) is 87.5 Å². The summed E-state index contributed by atoms with van der Waals surface area (Å²) in [5, 5.41) is 17.4. The first-order valence-corrected chi connectivity index (χ1v) is 5.32. The maximum atomic E-state index is 11.0. The molecule has 70 valence electrons. The second-order valence-corrected chi connectivity index (χ2v) is 4.58. The molecule has 0 saturated heterocycles. The normalized spacial score (nSPS) is 11.3. The van der Waals surface area contributed by atoms with Crippen LogP contribution in [0, 0.1) is 0 Å². The number of aromatic nitrogens is 1. The van der Waals surface area contributed by atoms with Gasteiger partial charge in [-0.1, -0.05) is 0 Å². The fourth-order valence-electron chi connectivity index (χ4n) is 0.800. The zero-order valence-electron chi connectivity index (χ0n) is 6.88. The van der Waals surface area contributed by atoms with Gasteiger partial charge in [0.05, 0.1) is 10.5 Å². The van der Waals surface area contributed by atoms with Crippen molar-refractivity contribution in [2.75, 3.05) is 6.26 Å². The third-order valence-corrected chi connectivity index (χ3v) is 2.56. The molecule has 1 aromatic rings. The van der Waals surface area contributed by atoms with Crippen molar-refractivity contribution >= 4 is 22.5 Å². The molecule has 0 amide bonds. The predicted octanol–water partition coefficient (Wildman–Crippen LogP) is -1.84. The van der Waals surface area contributed by atoms with Gasteiger partial charge < -0.3 is 10.0 Å². The summed E-state index contributed by atoms with van der Waals surface area (Å²) < 4.78 is 22.0. The van der Waals surface area contributed by atoms with Crippen molar-refractivity contribution in [3.8, 4) is 0 Å². The van der Waals surface area contributed by atoms with Crippen molar-refractivity contribution in [2.24, 2.45) is 0 Å². The highest BCUT2D eigenvalue weighted by molar-refractivity contribution is 7.90. The van der Waals surface area contributed by atoms with E-state index in [-0.39, 0.29) is 10.5 Å². The third-order valence-electron chi connectivity index (χ3n) is 1.45. The van der Waals surface area contributed by atoms with Crippen LogP contribution in [0.2, 0.25) is 0 Å². The Hall–Kier alpha value is -0.915. The molecule has 0 spiro atoms. The van der Waals surface area contributed by atoms with Crippen LogP contribution >= 0.6 is 0 Å². The Balaban J connectivity index is 3.21. The molecule has 5 nitrogen and oxygen atoms in total. The lowest BCUT2D eigenvalue weighted by Gasteiger charge is -2.00. The van der Waals surface area contributed by atoms with Gasteiger partial charge in [0.15, 0.2) is 9.84 Å². The molecule has 0 atom stereocenters. The van der Waals surface area contributed by atoms with Crippen molar-refractivity contribution in [3.05, 3.63) is 18.3 Å². The largest absolute Gasteiger partial charge is 0.508 e. The predicted molar refractivity (Wildman–Crippen MR) is 47.2 cm³/mol. The highest BCUT2D eigenvalue weighted by Crippen LogP contribution is 2.03. The van der Waals surface area contributed by atoms with E-state index in [1.807, 2.05) is 0 Å². The van der Waals surface area contributed by atoms with E-state index < -0.39 is 17.0 Å². The number of sulfone groups is 1. The highest BCUT2D eigenvalue weighted by Gasteiger charge is 2.15. The van der Waals surface area contributed by atoms with Crippen molar-refractivity contribution < 1.29 is 18.5 Å². The van der Waals surface area contributed by atoms with Crippen LogP contribution < -0.4 is 5.59 Å². The smallest absolute Gasteiger partial charge is 0.422 e. The van der Waals surface area contributed by atoms with E-state index in [1.165, 1.54) is 12.3 Å². The van der Waals surface area contributed by atoms with Gasteiger partial charge in [-0.15, -0.1) is 0 Å². The summed E-state index contributed by atoms with van der Waals surface area (Å²) in [6, 6.07) is 2.42. The standard InChI is InChI=1S/C6H8BNO4S/c1-13(11,12)5-2-3-8-6(4-5)7(9)10/h2-4,9-10H,1H3. The number of nitrogens with zero attached hydrogens (tertiary/aromatic N) is 1. The lowest BCUT2D eigenvalue weighted by molar-refractivity contribution is 0.424. The first-order chi connectivity index (χ1) is 5.91. The maximum Gasteiger partial charge on any atom is 0.508 e. The molecule has 0 aliphatic carbocycles. The molecular formula is C6H8BNO4S. The molecule has 0 radical (unpaired) electrons. The highest BCUT2D eigenvalue weighted by atomic mass is 32.2. The third kappa shape index (κ3) is 2.51. The molecule has 0 aromatic carbocycles. The maximum absolute atomic E-state index is 11.0. The van der Waals surface area contributed by atoms with E-state index >= 15 is 0 Å². The minimum absolute atomic E-state index is 0.0191. The Morgan fingerprint density at radius 1 is 1.46 bits per heavy atom. The molecule has 0 saturated carbocycles. The summed E-state index contributed by atoms with van der Waals surface area (Å²) in [4.78, 5) is 3.61. The Kier molecular flexibility index (Phi) is 2.70. The number of hydrogen-bond acceptors (Lipinski definition) is 5. The van der Waals surface area contributed by atoms with E-state index in [0.29, 0.717) is 0 Å². The van der Waals surface area contributed by atoms with Gasteiger partial charge in [0.25, 0.3) is 0 Å². The molecule has 1 heterocycles. The summed E-state index contributed by atoms with van der Waals surface area (Å²) in [7, 11) is -5.07. The number of hydrogen-bond donors (Lipinski definition) is 2. The summed E-state index contributed by atoms with van der Waals surface area (Å²) in [6.07, 6.45) is 2.25. The summed E-state index contributed by atoms with van der Waals surface area (Å²) in [5.41, 5.74) is -0.0806. The van der Waals surface area contributed by atoms with Gasteiger partial charge >= 0.3 is 7.12 Å². The van der Waals surface area contributed by atoms with Gasteiger partial charge in [0, 0.05) is 12.5 Å². The Bertz CT molecular complexity index is 403. The van der Waals surface area contributed by atoms with Crippen molar-refractivity contribution in [3.63, 3.8) is 0 Å².